The van der Waals surface area contributed by atoms with Crippen LogP contribution in [0.3, 0.4) is 0 Å². The molecule has 0 atom stereocenters. The van der Waals surface area contributed by atoms with Gasteiger partial charge in [-0.2, -0.15) is 0 Å². The quantitative estimate of drug-likeness (QED) is 0.548. The summed E-state index contributed by atoms with van der Waals surface area (Å²) in [5.41, 5.74) is 1.83. The normalized spacial score (nSPS) is 10.2. The van der Waals surface area contributed by atoms with Crippen LogP contribution in [-0.4, -0.2) is 5.78 Å². The number of carbonyl (C=O) groups excluding carboxylic acids is 1. The van der Waals surface area contributed by atoms with Crippen molar-refractivity contribution in [1.82, 2.24) is 0 Å². The number of hydrogen-bond donors (Lipinski definition) is 0. The molecule has 0 aliphatic carbocycles. The van der Waals surface area contributed by atoms with E-state index in [9.17, 15) is 4.79 Å². The molecule has 0 N–H and O–H groups in total. The molecule has 17 heavy (non-hydrogen) atoms. The minimum absolute atomic E-state index is 0.155. The first kappa shape index (κ1) is 12.8. The number of Topliss-reactive ketones (excluding diaryl/α,β-unsaturated/α-hetero) is 1. The highest BCUT2D eigenvalue weighted by atomic mass is 127. The average molecular weight is 401 g/mol. The molecule has 0 aromatic heterocycles. The van der Waals surface area contributed by atoms with E-state index in [0.29, 0.717) is 6.42 Å². The van der Waals surface area contributed by atoms with Crippen molar-refractivity contribution in [3.63, 3.8) is 0 Å². The average Bonchev–Trinajstić information content (AvgIpc) is 2.33. The fourth-order valence-electron chi connectivity index (χ4n) is 1.59. The summed E-state index contributed by atoms with van der Waals surface area (Å²) < 4.78 is 1.93. The largest absolute Gasteiger partial charge is 0.294 e. The molecule has 1 nitrogen and oxygen atoms in total. The lowest BCUT2D eigenvalue weighted by atomic mass is 10.0. The Morgan fingerprint density at radius 1 is 1.12 bits per heavy atom. The molecule has 3 heteroatoms. The van der Waals surface area contributed by atoms with Gasteiger partial charge in [0.15, 0.2) is 5.78 Å². The van der Waals surface area contributed by atoms with E-state index in [-0.39, 0.29) is 5.78 Å². The lowest BCUT2D eigenvalue weighted by Crippen LogP contribution is -2.05. The lowest BCUT2D eigenvalue weighted by molar-refractivity contribution is 0.0992. The molecular formula is C14H10BrIO. The Balaban J connectivity index is 2.23. The molecule has 0 unspecified atom stereocenters. The fourth-order valence-corrected chi connectivity index (χ4v) is 2.59. The van der Waals surface area contributed by atoms with Gasteiger partial charge in [-0.25, -0.2) is 0 Å². The van der Waals surface area contributed by atoms with Crippen molar-refractivity contribution in [1.29, 1.82) is 0 Å². The van der Waals surface area contributed by atoms with E-state index >= 15 is 0 Å². The van der Waals surface area contributed by atoms with Gasteiger partial charge >= 0.3 is 0 Å². The van der Waals surface area contributed by atoms with Gasteiger partial charge in [0.2, 0.25) is 0 Å². The van der Waals surface area contributed by atoms with Crippen LogP contribution >= 0.6 is 38.5 Å². The highest BCUT2D eigenvalue weighted by molar-refractivity contribution is 14.1. The summed E-state index contributed by atoms with van der Waals surface area (Å²) in [5.74, 6) is 0.155. The highest BCUT2D eigenvalue weighted by Gasteiger charge is 2.11. The van der Waals surface area contributed by atoms with Crippen LogP contribution in [0.4, 0.5) is 0 Å². The molecule has 0 aliphatic heterocycles. The molecule has 0 saturated carbocycles. The van der Waals surface area contributed by atoms with E-state index < -0.39 is 0 Å². The number of halogens is 2. The Bertz CT molecular complexity index is 537. The van der Waals surface area contributed by atoms with Crippen LogP contribution in [0.1, 0.15) is 15.9 Å². The molecule has 0 aliphatic rings. The second-order valence-corrected chi connectivity index (χ2v) is 5.79. The van der Waals surface area contributed by atoms with Crippen molar-refractivity contribution >= 4 is 44.3 Å². The van der Waals surface area contributed by atoms with Gasteiger partial charge in [-0.3, -0.25) is 4.79 Å². The smallest absolute Gasteiger partial charge is 0.168 e. The van der Waals surface area contributed by atoms with Crippen LogP contribution in [0, 0.1) is 3.57 Å². The summed E-state index contributed by atoms with van der Waals surface area (Å²) in [5, 5.41) is 0. The van der Waals surface area contributed by atoms with Crippen LogP contribution in [0.15, 0.2) is 53.0 Å². The first-order chi connectivity index (χ1) is 8.16. The van der Waals surface area contributed by atoms with E-state index in [0.717, 1.165) is 19.2 Å². The molecule has 0 amide bonds. The molecule has 2 aromatic carbocycles. The van der Waals surface area contributed by atoms with Crippen molar-refractivity contribution in [3.05, 3.63) is 67.7 Å². The molecule has 2 aromatic rings. The zero-order valence-corrected chi connectivity index (χ0v) is 12.7. The summed E-state index contributed by atoms with van der Waals surface area (Å²) in [6.45, 7) is 0. The van der Waals surface area contributed by atoms with E-state index in [1.165, 1.54) is 0 Å². The predicted molar refractivity (Wildman–Crippen MR) is 81.3 cm³/mol. The Kier molecular flexibility index (Phi) is 4.34. The minimum atomic E-state index is 0.155. The summed E-state index contributed by atoms with van der Waals surface area (Å²) in [6.07, 6.45) is 0.452. The van der Waals surface area contributed by atoms with Crippen LogP contribution in [0.2, 0.25) is 0 Å². The molecule has 86 valence electrons. The predicted octanol–water partition coefficient (Wildman–Crippen LogP) is 4.48. The van der Waals surface area contributed by atoms with Crippen LogP contribution in [0.5, 0.6) is 0 Å². The number of carbonyl (C=O) groups is 1. The summed E-state index contributed by atoms with van der Waals surface area (Å²) in [7, 11) is 0. The van der Waals surface area contributed by atoms with Gasteiger partial charge in [0.1, 0.15) is 0 Å². The second-order valence-electron chi connectivity index (χ2n) is 3.71. The maximum atomic E-state index is 12.2. The van der Waals surface area contributed by atoms with E-state index in [1.54, 1.807) is 0 Å². The minimum Gasteiger partial charge on any atom is -0.294 e. The third-order valence-corrected chi connectivity index (χ3v) is 3.87. The molecule has 0 fully saturated rings. The van der Waals surface area contributed by atoms with Gasteiger partial charge in [0.25, 0.3) is 0 Å². The monoisotopic (exact) mass is 400 g/mol. The van der Waals surface area contributed by atoms with Crippen molar-refractivity contribution < 1.29 is 4.79 Å². The fraction of sp³-hybridized carbons (Fsp3) is 0.0714. The van der Waals surface area contributed by atoms with Crippen molar-refractivity contribution in [2.24, 2.45) is 0 Å². The van der Waals surface area contributed by atoms with Crippen LogP contribution in [-0.2, 0) is 6.42 Å². The molecule has 0 spiro atoms. The molecule has 0 bridgehead atoms. The maximum Gasteiger partial charge on any atom is 0.168 e. The van der Waals surface area contributed by atoms with Gasteiger partial charge in [-0.15, -0.1) is 0 Å². The van der Waals surface area contributed by atoms with Gasteiger partial charge in [0, 0.05) is 20.0 Å². The summed E-state index contributed by atoms with van der Waals surface area (Å²) in [4.78, 5) is 12.2. The van der Waals surface area contributed by atoms with Gasteiger partial charge in [-0.1, -0.05) is 46.3 Å². The number of rotatable bonds is 3. The Morgan fingerprint density at radius 3 is 2.53 bits per heavy atom. The van der Waals surface area contributed by atoms with Crippen LogP contribution < -0.4 is 0 Å². The highest BCUT2D eigenvalue weighted by Crippen LogP contribution is 2.20. The van der Waals surface area contributed by atoms with Gasteiger partial charge in [-0.05, 0) is 46.4 Å². The van der Waals surface area contributed by atoms with E-state index in [2.05, 4.69) is 38.5 Å². The number of hydrogen-bond acceptors (Lipinski definition) is 1. The standard InChI is InChI=1S/C14H10BrIO/c15-11-6-7-13(16)12(9-11)14(17)8-10-4-2-1-3-5-10/h1-7,9H,8H2. The first-order valence-electron chi connectivity index (χ1n) is 5.19. The summed E-state index contributed by atoms with van der Waals surface area (Å²) >= 11 is 5.59. The third kappa shape index (κ3) is 3.39. The Hall–Kier alpha value is -0.680. The summed E-state index contributed by atoms with van der Waals surface area (Å²) in [6, 6.07) is 15.6. The molecule has 0 saturated heterocycles. The lowest BCUT2D eigenvalue weighted by Gasteiger charge is -2.04. The molecule has 0 heterocycles. The maximum absolute atomic E-state index is 12.2. The topological polar surface area (TPSA) is 17.1 Å². The zero-order valence-electron chi connectivity index (χ0n) is 8.99. The van der Waals surface area contributed by atoms with Crippen molar-refractivity contribution in [2.75, 3.05) is 0 Å². The molecule has 0 radical (unpaired) electrons. The first-order valence-corrected chi connectivity index (χ1v) is 7.06. The van der Waals surface area contributed by atoms with Crippen LogP contribution in [0.25, 0.3) is 0 Å². The van der Waals surface area contributed by atoms with Crippen molar-refractivity contribution in [2.45, 2.75) is 6.42 Å². The Morgan fingerprint density at radius 2 is 1.82 bits per heavy atom. The van der Waals surface area contributed by atoms with Gasteiger partial charge < -0.3 is 0 Å². The Labute approximate surface area is 123 Å². The van der Waals surface area contributed by atoms with E-state index in [1.807, 2.05) is 48.5 Å². The van der Waals surface area contributed by atoms with E-state index in [4.69, 9.17) is 0 Å². The third-order valence-electron chi connectivity index (χ3n) is 2.44. The SMILES string of the molecule is O=C(Cc1ccccc1)c1cc(Br)ccc1I. The van der Waals surface area contributed by atoms with Crippen molar-refractivity contribution in [3.8, 4) is 0 Å². The van der Waals surface area contributed by atoms with Gasteiger partial charge in [0.05, 0.1) is 0 Å². The molecular weight excluding hydrogens is 391 g/mol. The number of ketones is 1. The zero-order chi connectivity index (χ0) is 12.3. The second kappa shape index (κ2) is 5.78. The number of benzene rings is 2. The molecule has 2 rings (SSSR count).